The maximum absolute atomic E-state index is 13.4. The normalized spacial score (nSPS) is 16.7. The highest BCUT2D eigenvalue weighted by atomic mass is 16.5. The topological polar surface area (TPSA) is 104 Å². The molecule has 0 radical (unpaired) electrons. The van der Waals surface area contributed by atoms with Gasteiger partial charge in [0.15, 0.2) is 11.5 Å². The average Bonchev–Trinajstić information content (AvgIpc) is 3.16. The van der Waals surface area contributed by atoms with Crippen LogP contribution in [0.4, 0.5) is 0 Å². The second-order valence-corrected chi connectivity index (χ2v) is 9.48. The van der Waals surface area contributed by atoms with Crippen LogP contribution in [0.3, 0.4) is 0 Å². The Hall–Kier alpha value is -3.72. The minimum absolute atomic E-state index is 0.0167. The van der Waals surface area contributed by atoms with Crippen molar-refractivity contribution in [2.24, 2.45) is 5.92 Å². The number of hydrogen-bond acceptors (Lipinski definition) is 8. The summed E-state index contributed by atoms with van der Waals surface area (Å²) >= 11 is 0. The molecule has 1 atom stereocenters. The van der Waals surface area contributed by atoms with E-state index in [1.165, 1.54) is 26.2 Å². The number of carbonyl (C=O) groups excluding carboxylic acids is 2. The molecule has 206 valence electrons. The first-order valence-electron chi connectivity index (χ1n) is 12.5. The second-order valence-electron chi connectivity index (χ2n) is 9.48. The fraction of sp³-hybridized carbons (Fsp3) is 0.448. The lowest BCUT2D eigenvalue weighted by Gasteiger charge is -2.26. The van der Waals surface area contributed by atoms with E-state index in [0.717, 1.165) is 5.56 Å². The molecule has 1 fully saturated rings. The number of likely N-dealkylation sites (tertiary alicyclic amines) is 1. The van der Waals surface area contributed by atoms with Crippen LogP contribution in [-0.4, -0.2) is 69.9 Å². The van der Waals surface area contributed by atoms with Crippen molar-refractivity contribution in [2.75, 3.05) is 48.2 Å². The molecule has 0 aliphatic carbocycles. The molecule has 0 spiro atoms. The van der Waals surface area contributed by atoms with Crippen molar-refractivity contribution < 1.29 is 38.4 Å². The Kier molecular flexibility index (Phi) is 9.63. The predicted octanol–water partition coefficient (Wildman–Crippen LogP) is 4.51. The minimum atomic E-state index is -0.877. The van der Waals surface area contributed by atoms with Gasteiger partial charge in [0.2, 0.25) is 5.75 Å². The minimum Gasteiger partial charge on any atom is -0.507 e. The summed E-state index contributed by atoms with van der Waals surface area (Å²) in [6.45, 7) is 7.20. The molecule has 1 amide bonds. The molecule has 0 bridgehead atoms. The number of benzene rings is 2. The third-order valence-electron chi connectivity index (χ3n) is 6.31. The Bertz CT molecular complexity index is 1180. The van der Waals surface area contributed by atoms with Gasteiger partial charge in [0.05, 0.1) is 39.6 Å². The lowest BCUT2D eigenvalue weighted by atomic mass is 9.94. The van der Waals surface area contributed by atoms with Gasteiger partial charge >= 0.3 is 0 Å². The molecule has 1 heterocycles. The molecule has 2 aromatic rings. The van der Waals surface area contributed by atoms with Crippen LogP contribution >= 0.6 is 0 Å². The maximum Gasteiger partial charge on any atom is 0.295 e. The van der Waals surface area contributed by atoms with Crippen molar-refractivity contribution >= 4 is 17.4 Å². The smallest absolute Gasteiger partial charge is 0.295 e. The number of carbonyl (C=O) groups is 2. The maximum atomic E-state index is 13.4. The van der Waals surface area contributed by atoms with E-state index < -0.39 is 17.7 Å². The van der Waals surface area contributed by atoms with Gasteiger partial charge < -0.3 is 33.7 Å². The first kappa shape index (κ1) is 28.8. The van der Waals surface area contributed by atoms with E-state index >= 15 is 0 Å². The van der Waals surface area contributed by atoms with E-state index in [0.29, 0.717) is 59.7 Å². The average molecular weight is 528 g/mol. The van der Waals surface area contributed by atoms with Crippen LogP contribution < -0.4 is 18.9 Å². The number of aliphatic hydroxyl groups is 1. The number of ketones is 1. The summed E-state index contributed by atoms with van der Waals surface area (Å²) in [5.74, 6) is 0.425. The molecule has 1 aliphatic rings. The second kappa shape index (κ2) is 12.7. The van der Waals surface area contributed by atoms with Crippen LogP contribution in [0.15, 0.2) is 35.9 Å². The molecular weight excluding hydrogens is 490 g/mol. The predicted molar refractivity (Wildman–Crippen MR) is 143 cm³/mol. The van der Waals surface area contributed by atoms with Gasteiger partial charge in [-0.15, -0.1) is 0 Å². The molecule has 2 aromatic carbocycles. The van der Waals surface area contributed by atoms with E-state index in [4.69, 9.17) is 23.7 Å². The monoisotopic (exact) mass is 527 g/mol. The number of aryl methyl sites for hydroxylation is 1. The fourth-order valence-electron chi connectivity index (χ4n) is 4.47. The number of hydrogen-bond donors (Lipinski definition) is 1. The van der Waals surface area contributed by atoms with E-state index in [1.54, 1.807) is 37.4 Å². The lowest BCUT2D eigenvalue weighted by molar-refractivity contribution is -0.140. The number of nitrogens with zero attached hydrogens (tertiary/aromatic N) is 1. The summed E-state index contributed by atoms with van der Waals surface area (Å²) in [6, 6.07) is 7.68. The Balaban J connectivity index is 2.17. The number of amides is 1. The van der Waals surface area contributed by atoms with Gasteiger partial charge in [-0.3, -0.25) is 9.59 Å². The molecule has 1 N–H and O–H groups in total. The number of methoxy groups -OCH3 is 4. The Morgan fingerprint density at radius 3 is 2.16 bits per heavy atom. The highest BCUT2D eigenvalue weighted by molar-refractivity contribution is 6.46. The number of aliphatic hydroxyl groups excluding tert-OH is 1. The van der Waals surface area contributed by atoms with Gasteiger partial charge in [0.1, 0.15) is 11.5 Å². The number of rotatable bonds is 12. The summed E-state index contributed by atoms with van der Waals surface area (Å²) in [7, 11) is 6.04. The zero-order valence-corrected chi connectivity index (χ0v) is 23.1. The zero-order valence-electron chi connectivity index (χ0n) is 23.1. The van der Waals surface area contributed by atoms with Crippen molar-refractivity contribution in [1.29, 1.82) is 0 Å². The fourth-order valence-corrected chi connectivity index (χ4v) is 4.47. The van der Waals surface area contributed by atoms with E-state index in [1.807, 2.05) is 6.92 Å². The Morgan fingerprint density at radius 1 is 0.974 bits per heavy atom. The van der Waals surface area contributed by atoms with Crippen molar-refractivity contribution in [1.82, 2.24) is 4.90 Å². The van der Waals surface area contributed by atoms with Crippen molar-refractivity contribution in [3.63, 3.8) is 0 Å². The largest absolute Gasteiger partial charge is 0.507 e. The summed E-state index contributed by atoms with van der Waals surface area (Å²) in [5, 5.41) is 11.4. The Morgan fingerprint density at radius 2 is 1.63 bits per heavy atom. The van der Waals surface area contributed by atoms with Crippen molar-refractivity contribution in [3.05, 3.63) is 52.6 Å². The summed E-state index contributed by atoms with van der Waals surface area (Å²) in [4.78, 5) is 28.0. The van der Waals surface area contributed by atoms with Gasteiger partial charge in [-0.25, -0.2) is 0 Å². The lowest BCUT2D eigenvalue weighted by Crippen LogP contribution is -2.31. The van der Waals surface area contributed by atoms with Crippen LogP contribution in [0.5, 0.6) is 23.0 Å². The number of Topliss-reactive ketones (excluding diaryl/α,β-unsaturated/α-hetero) is 1. The molecule has 38 heavy (non-hydrogen) atoms. The first-order valence-corrected chi connectivity index (χ1v) is 12.5. The van der Waals surface area contributed by atoms with Gasteiger partial charge in [-0.1, -0.05) is 13.8 Å². The highest BCUT2D eigenvalue weighted by Gasteiger charge is 2.46. The van der Waals surface area contributed by atoms with Gasteiger partial charge in [-0.2, -0.15) is 0 Å². The van der Waals surface area contributed by atoms with Gasteiger partial charge in [0.25, 0.3) is 11.7 Å². The van der Waals surface area contributed by atoms with Gasteiger partial charge in [-0.05, 0) is 60.7 Å². The standard InChI is InChI=1S/C29H37NO8/c1-17(2)16-38-21-10-9-19(13-18(21)3)26(31)24-25(30(11-8-12-34-4)29(33)27(24)32)20-14-22(35-5)28(37-7)23(15-20)36-6/h9-10,13-15,17,25,31H,8,11-12,16H2,1-7H3/b26-24+/t25-/m1/s1. The van der Waals surface area contributed by atoms with Crippen LogP contribution in [0.2, 0.25) is 0 Å². The molecule has 9 heteroatoms. The van der Waals surface area contributed by atoms with Crippen LogP contribution in [0, 0.1) is 12.8 Å². The van der Waals surface area contributed by atoms with Crippen molar-refractivity contribution in [2.45, 2.75) is 33.2 Å². The zero-order chi connectivity index (χ0) is 28.0. The summed E-state index contributed by atoms with van der Waals surface area (Å²) in [6.07, 6.45) is 0.505. The molecule has 0 unspecified atom stereocenters. The quantitative estimate of drug-likeness (QED) is 0.186. The SMILES string of the molecule is COCCCN1C(=O)C(=O)/C(=C(/O)c2ccc(OCC(C)C)c(C)c2)[C@H]1c1cc(OC)c(OC)c(OC)c1. The summed E-state index contributed by atoms with van der Waals surface area (Å²) < 4.78 is 27.5. The first-order chi connectivity index (χ1) is 18.2. The summed E-state index contributed by atoms with van der Waals surface area (Å²) in [5.41, 5.74) is 1.73. The molecule has 0 saturated carbocycles. The molecular formula is C29H37NO8. The van der Waals surface area contributed by atoms with Crippen LogP contribution in [-0.2, 0) is 14.3 Å². The third-order valence-corrected chi connectivity index (χ3v) is 6.31. The van der Waals surface area contributed by atoms with E-state index in [-0.39, 0.29) is 17.9 Å². The van der Waals surface area contributed by atoms with Crippen molar-refractivity contribution in [3.8, 4) is 23.0 Å². The number of ether oxygens (including phenoxy) is 5. The van der Waals surface area contributed by atoms with Crippen LogP contribution in [0.1, 0.15) is 43.0 Å². The van der Waals surface area contributed by atoms with E-state index in [9.17, 15) is 14.7 Å². The van der Waals surface area contributed by atoms with Crippen LogP contribution in [0.25, 0.3) is 5.76 Å². The molecule has 1 aliphatic heterocycles. The molecule has 9 nitrogen and oxygen atoms in total. The molecule has 3 rings (SSSR count). The Labute approximate surface area is 223 Å². The highest BCUT2D eigenvalue weighted by Crippen LogP contribution is 2.46. The van der Waals surface area contributed by atoms with Gasteiger partial charge in [0, 0.05) is 25.8 Å². The molecule has 1 saturated heterocycles. The third kappa shape index (κ3) is 5.88. The van der Waals surface area contributed by atoms with E-state index in [2.05, 4.69) is 13.8 Å². The molecule has 0 aromatic heterocycles.